The molecule has 0 spiro atoms. The van der Waals surface area contributed by atoms with Gasteiger partial charge in [0.15, 0.2) is 0 Å². The first kappa shape index (κ1) is 15.8. The van der Waals surface area contributed by atoms with E-state index in [1.165, 1.54) is 6.42 Å². The molecule has 0 aromatic rings. The van der Waals surface area contributed by atoms with Gasteiger partial charge in [-0.2, -0.15) is 0 Å². The maximum Gasteiger partial charge on any atom is 0.326 e. The Balaban J connectivity index is 1.66. The lowest BCUT2D eigenvalue weighted by Crippen LogP contribution is -2.50. The average molecular weight is 308 g/mol. The third kappa shape index (κ3) is 3.14. The van der Waals surface area contributed by atoms with E-state index in [1.54, 1.807) is 4.90 Å². The number of nitrogens with zero attached hydrogens (tertiary/aromatic N) is 2. The molecule has 3 aliphatic rings. The zero-order valence-corrected chi connectivity index (χ0v) is 13.5. The molecule has 1 saturated carbocycles. The van der Waals surface area contributed by atoms with Gasteiger partial charge in [-0.15, -0.1) is 0 Å². The molecule has 0 aromatic carbocycles. The first-order valence-corrected chi connectivity index (χ1v) is 8.82. The van der Waals surface area contributed by atoms with Gasteiger partial charge in [-0.05, 0) is 57.0 Å². The lowest BCUT2D eigenvalue weighted by atomic mass is 9.85. The van der Waals surface area contributed by atoms with E-state index in [0.717, 1.165) is 51.1 Å². The maximum absolute atomic E-state index is 12.8. The Hall–Kier alpha value is -1.10. The molecule has 5 heteroatoms. The summed E-state index contributed by atoms with van der Waals surface area (Å²) in [5.41, 5.74) is 0. The SMILES string of the molecule is CC1CCN(CC(=O)N2C(C(=O)O)CC3CCCCC32)CC1. The Labute approximate surface area is 132 Å². The molecule has 3 rings (SSSR count). The molecule has 124 valence electrons. The number of amides is 1. The number of likely N-dealkylation sites (tertiary alicyclic amines) is 2. The van der Waals surface area contributed by atoms with Gasteiger partial charge in [-0.3, -0.25) is 9.69 Å². The van der Waals surface area contributed by atoms with Gasteiger partial charge in [-0.25, -0.2) is 4.79 Å². The number of piperidine rings is 1. The summed E-state index contributed by atoms with van der Waals surface area (Å²) in [6.07, 6.45) is 7.31. The van der Waals surface area contributed by atoms with Crippen LogP contribution in [0.5, 0.6) is 0 Å². The molecule has 1 N–H and O–H groups in total. The minimum Gasteiger partial charge on any atom is -0.480 e. The van der Waals surface area contributed by atoms with E-state index in [9.17, 15) is 14.7 Å². The molecule has 3 unspecified atom stereocenters. The molecule has 1 amide bonds. The van der Waals surface area contributed by atoms with Crippen molar-refractivity contribution in [3.05, 3.63) is 0 Å². The van der Waals surface area contributed by atoms with Crippen LogP contribution in [0.1, 0.15) is 51.9 Å². The van der Waals surface area contributed by atoms with E-state index in [-0.39, 0.29) is 11.9 Å². The van der Waals surface area contributed by atoms with Crippen molar-refractivity contribution >= 4 is 11.9 Å². The number of carbonyl (C=O) groups excluding carboxylic acids is 1. The van der Waals surface area contributed by atoms with Crippen LogP contribution in [-0.4, -0.2) is 58.5 Å². The van der Waals surface area contributed by atoms with Gasteiger partial charge in [0.25, 0.3) is 0 Å². The number of carboxylic acid groups (broad SMARTS) is 1. The molecule has 5 nitrogen and oxygen atoms in total. The standard InChI is InChI=1S/C17H28N2O3/c1-12-6-8-18(9-7-12)11-16(20)19-14-5-3-2-4-13(14)10-15(19)17(21)22/h12-15H,2-11H2,1H3,(H,21,22). The second-order valence-corrected chi connectivity index (χ2v) is 7.46. The number of carbonyl (C=O) groups is 2. The van der Waals surface area contributed by atoms with E-state index in [4.69, 9.17) is 0 Å². The monoisotopic (exact) mass is 308 g/mol. The molecular formula is C17H28N2O3. The fraction of sp³-hybridized carbons (Fsp3) is 0.882. The Bertz CT molecular complexity index is 432. The van der Waals surface area contributed by atoms with Crippen LogP contribution in [0.2, 0.25) is 0 Å². The molecule has 0 aromatic heterocycles. The Morgan fingerprint density at radius 3 is 2.45 bits per heavy atom. The largest absolute Gasteiger partial charge is 0.480 e. The van der Waals surface area contributed by atoms with Crippen LogP contribution in [0.15, 0.2) is 0 Å². The van der Waals surface area contributed by atoms with Crippen molar-refractivity contribution in [1.29, 1.82) is 0 Å². The minimum absolute atomic E-state index is 0.0383. The maximum atomic E-state index is 12.8. The summed E-state index contributed by atoms with van der Waals surface area (Å²) < 4.78 is 0. The van der Waals surface area contributed by atoms with E-state index in [1.807, 2.05) is 0 Å². The summed E-state index contributed by atoms with van der Waals surface area (Å²) in [6, 6.07) is -0.421. The van der Waals surface area contributed by atoms with Crippen molar-refractivity contribution < 1.29 is 14.7 Å². The molecule has 0 radical (unpaired) electrons. The van der Waals surface area contributed by atoms with Crippen LogP contribution in [0.4, 0.5) is 0 Å². The van der Waals surface area contributed by atoms with Crippen LogP contribution in [0, 0.1) is 11.8 Å². The lowest BCUT2D eigenvalue weighted by molar-refractivity contribution is -0.150. The van der Waals surface area contributed by atoms with Gasteiger partial charge in [0.2, 0.25) is 5.91 Å². The van der Waals surface area contributed by atoms with Crippen LogP contribution < -0.4 is 0 Å². The molecule has 3 atom stereocenters. The topological polar surface area (TPSA) is 60.9 Å². The normalized spacial score (nSPS) is 33.7. The smallest absolute Gasteiger partial charge is 0.326 e. The van der Waals surface area contributed by atoms with Crippen molar-refractivity contribution in [2.24, 2.45) is 11.8 Å². The zero-order chi connectivity index (χ0) is 15.7. The van der Waals surface area contributed by atoms with Crippen LogP contribution in [0.3, 0.4) is 0 Å². The number of carboxylic acids is 1. The molecule has 2 aliphatic heterocycles. The van der Waals surface area contributed by atoms with Crippen molar-refractivity contribution in [2.75, 3.05) is 19.6 Å². The van der Waals surface area contributed by atoms with Crippen molar-refractivity contribution in [3.8, 4) is 0 Å². The van der Waals surface area contributed by atoms with E-state index >= 15 is 0 Å². The Morgan fingerprint density at radius 1 is 1.09 bits per heavy atom. The second-order valence-electron chi connectivity index (χ2n) is 7.46. The number of hydrogen-bond donors (Lipinski definition) is 1. The lowest BCUT2D eigenvalue weighted by Gasteiger charge is -2.36. The summed E-state index contributed by atoms with van der Waals surface area (Å²) in [5, 5.41) is 9.51. The average Bonchev–Trinajstić information content (AvgIpc) is 2.89. The van der Waals surface area contributed by atoms with Crippen LogP contribution >= 0.6 is 0 Å². The summed E-state index contributed by atoms with van der Waals surface area (Å²) in [4.78, 5) is 28.3. The van der Waals surface area contributed by atoms with E-state index in [0.29, 0.717) is 18.9 Å². The third-order valence-corrected chi connectivity index (χ3v) is 5.90. The highest BCUT2D eigenvalue weighted by atomic mass is 16.4. The van der Waals surface area contributed by atoms with Crippen molar-refractivity contribution in [3.63, 3.8) is 0 Å². The molecule has 3 fully saturated rings. The van der Waals surface area contributed by atoms with Gasteiger partial charge in [-0.1, -0.05) is 19.8 Å². The van der Waals surface area contributed by atoms with Gasteiger partial charge in [0.05, 0.1) is 6.54 Å². The number of rotatable bonds is 3. The van der Waals surface area contributed by atoms with E-state index in [2.05, 4.69) is 11.8 Å². The summed E-state index contributed by atoms with van der Waals surface area (Å²) in [6.45, 7) is 4.59. The fourth-order valence-corrected chi connectivity index (χ4v) is 4.53. The molecular weight excluding hydrogens is 280 g/mol. The molecule has 1 aliphatic carbocycles. The first-order valence-electron chi connectivity index (χ1n) is 8.82. The quantitative estimate of drug-likeness (QED) is 0.866. The van der Waals surface area contributed by atoms with Crippen molar-refractivity contribution in [2.45, 2.75) is 64.0 Å². The van der Waals surface area contributed by atoms with Gasteiger partial charge < -0.3 is 10.0 Å². The zero-order valence-electron chi connectivity index (χ0n) is 13.5. The Morgan fingerprint density at radius 2 is 1.77 bits per heavy atom. The minimum atomic E-state index is -0.824. The van der Waals surface area contributed by atoms with Gasteiger partial charge in [0, 0.05) is 6.04 Å². The molecule has 2 saturated heterocycles. The predicted octanol–water partition coefficient (Wildman–Crippen LogP) is 1.96. The van der Waals surface area contributed by atoms with Crippen molar-refractivity contribution in [1.82, 2.24) is 9.80 Å². The molecule has 2 heterocycles. The predicted molar refractivity (Wildman–Crippen MR) is 83.5 cm³/mol. The number of hydrogen-bond acceptors (Lipinski definition) is 3. The summed E-state index contributed by atoms with van der Waals surface area (Å²) in [5.74, 6) is 0.360. The van der Waals surface area contributed by atoms with E-state index < -0.39 is 12.0 Å². The number of aliphatic carboxylic acids is 1. The summed E-state index contributed by atoms with van der Waals surface area (Å²) in [7, 11) is 0. The molecule has 0 bridgehead atoms. The fourth-order valence-electron chi connectivity index (χ4n) is 4.53. The highest BCUT2D eigenvalue weighted by molar-refractivity contribution is 5.86. The van der Waals surface area contributed by atoms with Crippen LogP contribution in [0.25, 0.3) is 0 Å². The third-order valence-electron chi connectivity index (χ3n) is 5.90. The summed E-state index contributed by atoms with van der Waals surface area (Å²) >= 11 is 0. The second kappa shape index (κ2) is 6.57. The first-order chi connectivity index (χ1) is 10.6. The van der Waals surface area contributed by atoms with Crippen LogP contribution in [-0.2, 0) is 9.59 Å². The van der Waals surface area contributed by atoms with Gasteiger partial charge in [0.1, 0.15) is 6.04 Å². The molecule has 22 heavy (non-hydrogen) atoms. The highest BCUT2D eigenvalue weighted by Crippen LogP contribution is 2.39. The number of fused-ring (bicyclic) bond motifs is 1. The highest BCUT2D eigenvalue weighted by Gasteiger charge is 2.47. The van der Waals surface area contributed by atoms with Gasteiger partial charge >= 0.3 is 5.97 Å². The Kier molecular flexibility index (Phi) is 4.71.